The number of rotatable bonds is 5. The van der Waals surface area contributed by atoms with Gasteiger partial charge in [-0.3, -0.25) is 4.79 Å². The molecular weight excluding hydrogens is 350 g/mol. The molecule has 0 saturated carbocycles. The van der Waals surface area contributed by atoms with Gasteiger partial charge < -0.3 is 9.64 Å². The Kier molecular flexibility index (Phi) is 5.89. The zero-order chi connectivity index (χ0) is 19.3. The average Bonchev–Trinajstić information content (AvgIpc) is 2.72. The topological polar surface area (TPSA) is 55.3 Å². The van der Waals surface area contributed by atoms with Gasteiger partial charge in [0.15, 0.2) is 0 Å². The molecule has 1 amide bonds. The van der Waals surface area contributed by atoms with E-state index in [-0.39, 0.29) is 5.91 Å². The molecule has 2 heterocycles. The standard InChI is InChI=1S/C23H29N3O2/c1-17-5-4-6-19(13-17)14-23(27)26-11-9-18(10-12-26)16-28-22-15-20-7-2-3-8-21(20)24-25-22/h4-6,13,15,18H,2-3,7-12,14,16H2,1H3. The van der Waals surface area contributed by atoms with Gasteiger partial charge in [0, 0.05) is 19.2 Å². The first-order valence-electron chi connectivity index (χ1n) is 10.5. The third kappa shape index (κ3) is 4.70. The summed E-state index contributed by atoms with van der Waals surface area (Å²) in [5.41, 5.74) is 4.74. The molecule has 5 nitrogen and oxygen atoms in total. The Morgan fingerprint density at radius 2 is 1.96 bits per heavy atom. The molecule has 1 aromatic heterocycles. The number of likely N-dealkylation sites (tertiary alicyclic amines) is 1. The molecule has 2 aliphatic rings. The lowest BCUT2D eigenvalue weighted by Gasteiger charge is -2.32. The minimum Gasteiger partial charge on any atom is -0.476 e. The van der Waals surface area contributed by atoms with Crippen LogP contribution in [0.4, 0.5) is 0 Å². The number of nitrogens with zero attached hydrogens (tertiary/aromatic N) is 3. The number of piperidine rings is 1. The van der Waals surface area contributed by atoms with Crippen molar-refractivity contribution in [1.82, 2.24) is 15.1 Å². The largest absolute Gasteiger partial charge is 0.476 e. The zero-order valence-electron chi connectivity index (χ0n) is 16.7. The molecule has 1 fully saturated rings. The van der Waals surface area contributed by atoms with Crippen LogP contribution in [0.3, 0.4) is 0 Å². The molecule has 0 bridgehead atoms. The van der Waals surface area contributed by atoms with Crippen LogP contribution in [0.5, 0.6) is 5.88 Å². The number of carbonyl (C=O) groups excluding carboxylic acids is 1. The smallest absolute Gasteiger partial charge is 0.233 e. The fourth-order valence-corrected chi connectivity index (χ4v) is 4.20. The zero-order valence-corrected chi connectivity index (χ0v) is 16.7. The fourth-order valence-electron chi connectivity index (χ4n) is 4.20. The molecule has 2 aromatic rings. The molecule has 1 aliphatic heterocycles. The van der Waals surface area contributed by atoms with Crippen molar-refractivity contribution in [3.63, 3.8) is 0 Å². The molecule has 1 aromatic carbocycles. The summed E-state index contributed by atoms with van der Waals surface area (Å²) < 4.78 is 5.94. The number of aromatic nitrogens is 2. The normalized spacial score (nSPS) is 17.2. The van der Waals surface area contributed by atoms with E-state index in [0.29, 0.717) is 24.8 Å². The summed E-state index contributed by atoms with van der Waals surface area (Å²) in [5, 5.41) is 8.57. The van der Waals surface area contributed by atoms with Gasteiger partial charge in [-0.1, -0.05) is 29.8 Å². The number of hydrogen-bond donors (Lipinski definition) is 0. The lowest BCUT2D eigenvalue weighted by atomic mass is 9.96. The second-order valence-electron chi connectivity index (χ2n) is 8.16. The Morgan fingerprint density at radius 1 is 1.14 bits per heavy atom. The van der Waals surface area contributed by atoms with Gasteiger partial charge in [0.2, 0.25) is 11.8 Å². The van der Waals surface area contributed by atoms with Crippen molar-refractivity contribution in [2.45, 2.75) is 51.9 Å². The molecule has 1 saturated heterocycles. The minimum absolute atomic E-state index is 0.227. The summed E-state index contributed by atoms with van der Waals surface area (Å²) in [6.45, 7) is 4.35. The highest BCUT2D eigenvalue weighted by molar-refractivity contribution is 5.78. The van der Waals surface area contributed by atoms with Crippen molar-refractivity contribution < 1.29 is 9.53 Å². The van der Waals surface area contributed by atoms with Crippen molar-refractivity contribution in [1.29, 1.82) is 0 Å². The predicted molar refractivity (Wildman–Crippen MR) is 108 cm³/mol. The minimum atomic E-state index is 0.227. The molecule has 0 radical (unpaired) electrons. The molecule has 0 spiro atoms. The quantitative estimate of drug-likeness (QED) is 0.798. The monoisotopic (exact) mass is 379 g/mol. The summed E-state index contributed by atoms with van der Waals surface area (Å²) in [6, 6.07) is 10.3. The summed E-state index contributed by atoms with van der Waals surface area (Å²) in [6.07, 6.45) is 7.03. The van der Waals surface area contributed by atoms with Crippen molar-refractivity contribution >= 4 is 5.91 Å². The molecule has 0 unspecified atom stereocenters. The van der Waals surface area contributed by atoms with Gasteiger partial charge in [0.05, 0.1) is 18.7 Å². The molecule has 4 rings (SSSR count). The van der Waals surface area contributed by atoms with E-state index in [2.05, 4.69) is 35.3 Å². The molecule has 5 heteroatoms. The summed E-state index contributed by atoms with van der Waals surface area (Å²) in [7, 11) is 0. The van der Waals surface area contributed by atoms with Crippen LogP contribution < -0.4 is 4.74 Å². The van der Waals surface area contributed by atoms with Crippen LogP contribution >= 0.6 is 0 Å². The van der Waals surface area contributed by atoms with Crippen LogP contribution in [0.2, 0.25) is 0 Å². The van der Waals surface area contributed by atoms with Gasteiger partial charge in [-0.25, -0.2) is 0 Å². The molecule has 0 atom stereocenters. The van der Waals surface area contributed by atoms with E-state index < -0.39 is 0 Å². The number of carbonyl (C=O) groups is 1. The Hall–Kier alpha value is -2.43. The average molecular weight is 380 g/mol. The summed E-state index contributed by atoms with van der Waals surface area (Å²) in [4.78, 5) is 14.6. The maximum absolute atomic E-state index is 12.6. The highest BCUT2D eigenvalue weighted by Crippen LogP contribution is 2.23. The molecule has 0 N–H and O–H groups in total. The number of ether oxygens (including phenoxy) is 1. The van der Waals surface area contributed by atoms with Gasteiger partial charge in [-0.15, -0.1) is 5.10 Å². The van der Waals surface area contributed by atoms with E-state index >= 15 is 0 Å². The maximum atomic E-state index is 12.6. The fraction of sp³-hybridized carbons (Fsp3) is 0.522. The van der Waals surface area contributed by atoms with Gasteiger partial charge in [0.1, 0.15) is 0 Å². The Morgan fingerprint density at radius 3 is 2.79 bits per heavy atom. The van der Waals surface area contributed by atoms with E-state index in [1.165, 1.54) is 24.0 Å². The Labute approximate surface area is 167 Å². The van der Waals surface area contributed by atoms with Gasteiger partial charge in [0.25, 0.3) is 0 Å². The molecule has 1 aliphatic carbocycles. The van der Waals surface area contributed by atoms with E-state index in [9.17, 15) is 4.79 Å². The van der Waals surface area contributed by atoms with Gasteiger partial charge in [-0.2, -0.15) is 5.10 Å². The number of amides is 1. The van der Waals surface area contributed by atoms with Crippen LogP contribution in [-0.2, 0) is 24.1 Å². The maximum Gasteiger partial charge on any atom is 0.233 e. The van der Waals surface area contributed by atoms with Crippen LogP contribution in [0.25, 0.3) is 0 Å². The van der Waals surface area contributed by atoms with Crippen molar-refractivity contribution in [3.8, 4) is 5.88 Å². The van der Waals surface area contributed by atoms with Crippen LogP contribution in [0, 0.1) is 12.8 Å². The second kappa shape index (κ2) is 8.72. The van der Waals surface area contributed by atoms with Gasteiger partial charge >= 0.3 is 0 Å². The predicted octanol–water partition coefficient (Wildman–Crippen LogP) is 3.52. The van der Waals surface area contributed by atoms with Crippen LogP contribution in [0.15, 0.2) is 30.3 Å². The van der Waals surface area contributed by atoms with E-state index in [0.717, 1.165) is 50.0 Å². The third-order valence-corrected chi connectivity index (χ3v) is 5.92. The van der Waals surface area contributed by atoms with Crippen molar-refractivity contribution in [2.24, 2.45) is 5.92 Å². The number of fused-ring (bicyclic) bond motifs is 1. The number of benzene rings is 1. The SMILES string of the molecule is Cc1cccc(CC(=O)N2CCC(COc3cc4c(nn3)CCCC4)CC2)c1. The summed E-state index contributed by atoms with van der Waals surface area (Å²) in [5.74, 6) is 1.35. The number of aryl methyl sites for hydroxylation is 3. The van der Waals surface area contributed by atoms with E-state index in [1.807, 2.05) is 17.0 Å². The molecular formula is C23H29N3O2. The lowest BCUT2D eigenvalue weighted by molar-refractivity contribution is -0.132. The van der Waals surface area contributed by atoms with E-state index in [1.54, 1.807) is 0 Å². The van der Waals surface area contributed by atoms with Crippen molar-refractivity contribution in [3.05, 3.63) is 52.7 Å². The van der Waals surface area contributed by atoms with Gasteiger partial charge in [-0.05, 0) is 62.5 Å². The first kappa shape index (κ1) is 18.9. The van der Waals surface area contributed by atoms with Crippen LogP contribution in [-0.4, -0.2) is 40.7 Å². The van der Waals surface area contributed by atoms with Crippen molar-refractivity contribution in [2.75, 3.05) is 19.7 Å². The highest BCUT2D eigenvalue weighted by atomic mass is 16.5. The van der Waals surface area contributed by atoms with E-state index in [4.69, 9.17) is 4.74 Å². The first-order valence-corrected chi connectivity index (χ1v) is 10.5. The third-order valence-electron chi connectivity index (χ3n) is 5.92. The Balaban J connectivity index is 1.23. The number of hydrogen-bond acceptors (Lipinski definition) is 4. The highest BCUT2D eigenvalue weighted by Gasteiger charge is 2.23. The molecule has 148 valence electrons. The summed E-state index contributed by atoms with van der Waals surface area (Å²) >= 11 is 0. The second-order valence-corrected chi connectivity index (χ2v) is 8.16. The Bertz CT molecular complexity index is 828. The van der Waals surface area contributed by atoms with Crippen LogP contribution in [0.1, 0.15) is 48.1 Å². The molecule has 28 heavy (non-hydrogen) atoms. The lowest BCUT2D eigenvalue weighted by Crippen LogP contribution is -2.40. The first-order chi connectivity index (χ1) is 13.7.